The van der Waals surface area contributed by atoms with Crippen molar-refractivity contribution < 1.29 is 70.9 Å². The lowest BCUT2D eigenvalue weighted by Gasteiger charge is -2.35. The SMILES string of the molecule is CC1COc2ccccc2N1C(=O)C(Cl)Cl.CCOc1cc(Oc2ccc(C(F)(F)F)cc2Cl)ccc1[N+](=O)[O-].CCc1cccc(CC)c1N(COC)C(=O)CCl.C[S+](C)C.O=C(O)CNCP(=O)([O-])O. The Morgan fingerprint density at radius 3 is 2.07 bits per heavy atom. The second kappa shape index (κ2) is 32.6. The average Bonchev–Trinajstić information content (AvgIpc) is 3.30. The summed E-state index contributed by atoms with van der Waals surface area (Å²) in [6, 6.07) is 19.8. The standard InChI is InChI=1S/C15H11ClF3NO4.C14H20ClNO2.C11H11Cl2NO2.C3H8NO5P.C3H9S/c1-2-23-14-8-10(4-5-12(14)20(21)22)24-13-6-3-9(7-11(13)16)15(17,18)19;1-4-11-7-6-8-12(5-2)14(11)16(10-18-3)13(17)9-15;1-7-6-16-9-5-3-2-4-8(9)14(7)11(15)10(12)13;5-3(6)1-4-2-10(7,8)9;1-4(2)3/h3-8H,2H2,1H3;6-8H,4-5,9-10H2,1-3H3;2-5,7,10H,6H2,1H3;4H,1-2H2,(H,5,6)(H2,7,8,9);1-3H3/q;;;;+1/p-1. The molecule has 1 heterocycles. The van der Waals surface area contributed by atoms with Crippen molar-refractivity contribution in [2.75, 3.05) is 74.3 Å². The van der Waals surface area contributed by atoms with Crippen molar-refractivity contribution in [3.8, 4) is 23.0 Å². The van der Waals surface area contributed by atoms with Crippen molar-refractivity contribution >= 4 is 99.7 Å². The first-order chi connectivity index (χ1) is 33.7. The van der Waals surface area contributed by atoms with E-state index in [-0.39, 0.29) is 65.0 Å². The van der Waals surface area contributed by atoms with Gasteiger partial charge in [0.25, 0.3) is 5.91 Å². The van der Waals surface area contributed by atoms with Crippen LogP contribution in [0.15, 0.2) is 78.9 Å². The predicted molar refractivity (Wildman–Crippen MR) is 276 cm³/mol. The number of aliphatic carboxylic acids is 1. The number of amides is 2. The number of carbonyl (C=O) groups is 3. The summed E-state index contributed by atoms with van der Waals surface area (Å²) in [5.41, 5.74) is 2.81. The second-order valence-corrected chi connectivity index (χ2v) is 20.9. The Morgan fingerprint density at radius 1 is 1.00 bits per heavy atom. The highest BCUT2D eigenvalue weighted by atomic mass is 35.5. The minimum atomic E-state index is -4.52. The minimum Gasteiger partial charge on any atom is -0.778 e. The van der Waals surface area contributed by atoms with Gasteiger partial charge in [0.2, 0.25) is 11.7 Å². The van der Waals surface area contributed by atoms with Gasteiger partial charge in [-0.05, 0) is 85.1 Å². The molecule has 1 aliphatic heterocycles. The Kier molecular flexibility index (Phi) is 29.6. The predicted octanol–water partition coefficient (Wildman–Crippen LogP) is 9.71. The number of hydrogen-bond donors (Lipinski definition) is 3. The van der Waals surface area contributed by atoms with E-state index < -0.39 is 47.9 Å². The molecule has 400 valence electrons. The Bertz CT molecular complexity index is 2400. The normalized spacial score (nSPS) is 13.4. The van der Waals surface area contributed by atoms with E-state index in [1.54, 1.807) is 23.8 Å². The Labute approximate surface area is 439 Å². The monoisotopic (exact) mass is 1130 g/mol. The van der Waals surface area contributed by atoms with Gasteiger partial charge in [-0.2, -0.15) is 13.2 Å². The number of fused-ring (bicyclic) bond motifs is 1. The summed E-state index contributed by atoms with van der Waals surface area (Å²) >= 11 is 22.7. The molecule has 26 heteroatoms. The molecule has 0 aliphatic carbocycles. The molecule has 2 atom stereocenters. The number of rotatable bonds is 16. The number of carboxylic acid groups (broad SMARTS) is 1. The molecule has 3 N–H and O–H groups in total. The number of para-hydroxylation sites is 3. The lowest BCUT2D eigenvalue weighted by Crippen LogP contribution is -2.47. The molecule has 0 bridgehead atoms. The molecule has 1 aliphatic rings. The maximum Gasteiger partial charge on any atom is 0.416 e. The van der Waals surface area contributed by atoms with Gasteiger partial charge in [-0.25, -0.2) is 0 Å². The van der Waals surface area contributed by atoms with Crippen LogP contribution < -0.4 is 34.2 Å². The van der Waals surface area contributed by atoms with Crippen molar-refractivity contribution in [2.45, 2.75) is 57.6 Å². The van der Waals surface area contributed by atoms with Gasteiger partial charge < -0.3 is 43.3 Å². The van der Waals surface area contributed by atoms with Gasteiger partial charge in [-0.15, -0.1) is 11.6 Å². The van der Waals surface area contributed by atoms with Gasteiger partial charge in [-0.1, -0.05) is 79.0 Å². The van der Waals surface area contributed by atoms with E-state index >= 15 is 0 Å². The summed E-state index contributed by atoms with van der Waals surface area (Å²) in [6.45, 7) is 8.10. The molecule has 2 unspecified atom stereocenters. The average molecular weight is 1140 g/mol. The van der Waals surface area contributed by atoms with Crippen LogP contribution in [0, 0.1) is 10.1 Å². The zero-order valence-corrected chi connectivity index (χ0v) is 45.3. The fourth-order valence-corrected chi connectivity index (χ4v) is 6.90. The summed E-state index contributed by atoms with van der Waals surface area (Å²) in [6.07, 6.45) is 3.11. The Balaban J connectivity index is 0.000000485. The van der Waals surface area contributed by atoms with Crippen molar-refractivity contribution in [2.24, 2.45) is 0 Å². The van der Waals surface area contributed by atoms with E-state index in [1.807, 2.05) is 54.7 Å². The van der Waals surface area contributed by atoms with Crippen LogP contribution >= 0.6 is 54.0 Å². The first kappa shape index (κ1) is 65.5. The van der Waals surface area contributed by atoms with Crippen LogP contribution in [-0.4, -0.2) is 108 Å². The van der Waals surface area contributed by atoms with Crippen LogP contribution in [0.2, 0.25) is 5.02 Å². The van der Waals surface area contributed by atoms with Crippen LogP contribution in [0.3, 0.4) is 0 Å². The molecule has 0 saturated heterocycles. The van der Waals surface area contributed by atoms with Crippen molar-refractivity contribution in [3.63, 3.8) is 0 Å². The van der Waals surface area contributed by atoms with Crippen LogP contribution in [0.1, 0.15) is 44.4 Å². The smallest absolute Gasteiger partial charge is 0.416 e. The molecule has 17 nitrogen and oxygen atoms in total. The first-order valence-electron chi connectivity index (χ1n) is 21.4. The number of nitro benzene ring substituents is 1. The number of nitrogens with one attached hydrogen (secondary N) is 1. The number of carboxylic acids is 1. The van der Waals surface area contributed by atoms with E-state index in [0.29, 0.717) is 23.3 Å². The van der Waals surface area contributed by atoms with Gasteiger partial charge in [0.1, 0.15) is 44.1 Å². The number of carbonyl (C=O) groups excluding carboxylic acids is 2. The molecular weight excluding hydrogens is 1080 g/mol. The fourth-order valence-electron chi connectivity index (χ4n) is 5.94. The number of halogens is 7. The van der Waals surface area contributed by atoms with Crippen LogP contribution in [0.25, 0.3) is 0 Å². The van der Waals surface area contributed by atoms with Gasteiger partial charge in [-0.3, -0.25) is 34.7 Å². The molecule has 0 spiro atoms. The van der Waals surface area contributed by atoms with Crippen LogP contribution in [0.5, 0.6) is 23.0 Å². The minimum absolute atomic E-state index is 0.0111. The highest BCUT2D eigenvalue weighted by molar-refractivity contribution is 7.94. The fraction of sp³-hybridized carbons (Fsp3) is 0.413. The van der Waals surface area contributed by atoms with Gasteiger partial charge in [0, 0.05) is 19.2 Å². The number of aryl methyl sites for hydroxylation is 2. The summed E-state index contributed by atoms with van der Waals surface area (Å²) in [4.78, 5) is 64.1. The number of ether oxygens (including phenoxy) is 4. The van der Waals surface area contributed by atoms with Gasteiger partial charge in [0.15, 0.2) is 4.84 Å². The van der Waals surface area contributed by atoms with E-state index in [1.165, 1.54) is 18.2 Å². The second-order valence-electron chi connectivity index (χ2n) is 15.0. The number of nitro groups is 1. The topological polar surface area (TPSA) is 230 Å². The zero-order valence-electron chi connectivity index (χ0n) is 40.5. The maximum absolute atomic E-state index is 12.6. The number of benzene rings is 4. The van der Waals surface area contributed by atoms with Crippen molar-refractivity contribution in [3.05, 3.63) is 111 Å². The Hall–Kier alpha value is -4.54. The molecule has 0 radical (unpaired) electrons. The number of hydrogen-bond acceptors (Lipinski definition) is 12. The third-order valence-electron chi connectivity index (χ3n) is 8.88. The number of methoxy groups -OCH3 is 1. The van der Waals surface area contributed by atoms with Crippen molar-refractivity contribution in [1.29, 1.82) is 0 Å². The molecule has 0 saturated carbocycles. The van der Waals surface area contributed by atoms with Crippen molar-refractivity contribution in [1.82, 2.24) is 5.32 Å². The lowest BCUT2D eigenvalue weighted by molar-refractivity contribution is -0.385. The van der Waals surface area contributed by atoms with E-state index in [0.717, 1.165) is 53.5 Å². The first-order valence-corrected chi connectivity index (χ1v) is 27.4. The highest BCUT2D eigenvalue weighted by Gasteiger charge is 2.33. The lowest BCUT2D eigenvalue weighted by atomic mass is 10.0. The van der Waals surface area contributed by atoms with E-state index in [2.05, 4.69) is 32.6 Å². The van der Waals surface area contributed by atoms with Crippen LogP contribution in [0.4, 0.5) is 30.2 Å². The summed E-state index contributed by atoms with van der Waals surface area (Å²) in [5.74, 6) is -0.850. The van der Waals surface area contributed by atoms with Gasteiger partial charge >= 0.3 is 17.8 Å². The highest BCUT2D eigenvalue weighted by Crippen LogP contribution is 2.39. The van der Waals surface area contributed by atoms with Crippen LogP contribution in [-0.2, 0) is 53.6 Å². The summed E-state index contributed by atoms with van der Waals surface area (Å²) in [7, 11) is -2.13. The summed E-state index contributed by atoms with van der Waals surface area (Å²) in [5, 5.41) is 20.6. The molecule has 4 aromatic rings. The molecular formula is C46H58Cl4F3N4O13PS. The quantitative estimate of drug-likeness (QED) is 0.0237. The number of nitrogens with zero attached hydrogens (tertiary/aromatic N) is 3. The summed E-state index contributed by atoms with van der Waals surface area (Å²) < 4.78 is 69.0. The molecule has 4 aromatic carbocycles. The third kappa shape index (κ3) is 23.1. The van der Waals surface area contributed by atoms with Gasteiger partial charge in [0.05, 0.1) is 71.1 Å². The van der Waals surface area contributed by atoms with E-state index in [9.17, 15) is 47.1 Å². The maximum atomic E-state index is 12.6. The van der Waals surface area contributed by atoms with E-state index in [4.69, 9.17) is 75.4 Å². The molecule has 5 rings (SSSR count). The number of anilines is 2. The molecule has 0 fully saturated rings. The molecule has 2 amide bonds. The third-order valence-corrected chi connectivity index (χ3v) is 10.4. The molecule has 0 aromatic heterocycles. The number of alkyl halides is 6. The Morgan fingerprint density at radius 2 is 1.60 bits per heavy atom. The largest absolute Gasteiger partial charge is 0.778 e. The molecule has 72 heavy (non-hydrogen) atoms. The zero-order chi connectivity index (χ0) is 54.9.